The van der Waals surface area contributed by atoms with Crippen LogP contribution in [0.25, 0.3) is 5.57 Å². The number of benzene rings is 1. The number of ether oxygens (including phenoxy) is 1. The summed E-state index contributed by atoms with van der Waals surface area (Å²) < 4.78 is 21.6. The van der Waals surface area contributed by atoms with Crippen molar-refractivity contribution < 1.29 is 13.9 Å². The van der Waals surface area contributed by atoms with Gasteiger partial charge in [0.1, 0.15) is 17.2 Å². The van der Waals surface area contributed by atoms with E-state index >= 15 is 0 Å². The van der Waals surface area contributed by atoms with Crippen LogP contribution in [-0.2, 0) is 11.8 Å². The SMILES string of the molecule is Cn1cc(Nc2ncc(C3=CCN(C(=O)OC(C)(C)C)C3)c(Nc3cc(N)ccc3F)n2)cn1. The standard InChI is InChI=1S/C23H27FN8O2/c1-23(2,3)34-22(33)32-8-7-14(12-32)17-11-26-21(28-16-10-27-31(4)13-16)30-20(17)29-19-9-15(25)5-6-18(19)24/h5-7,9-11,13H,8,12,25H2,1-4H3,(H2,26,28,29,30). The van der Waals surface area contributed by atoms with Gasteiger partial charge in [0.15, 0.2) is 0 Å². The van der Waals surface area contributed by atoms with Crippen LogP contribution in [0.15, 0.2) is 42.9 Å². The lowest BCUT2D eigenvalue weighted by Gasteiger charge is -2.24. The molecular formula is C23H27FN8O2. The molecule has 11 heteroatoms. The summed E-state index contributed by atoms with van der Waals surface area (Å²) in [6, 6.07) is 4.26. The zero-order valence-corrected chi connectivity index (χ0v) is 19.5. The molecule has 1 aromatic carbocycles. The summed E-state index contributed by atoms with van der Waals surface area (Å²) in [6.07, 6.45) is 6.53. The topological polar surface area (TPSA) is 123 Å². The third-order valence-corrected chi connectivity index (χ3v) is 4.91. The van der Waals surface area contributed by atoms with Gasteiger partial charge in [-0.1, -0.05) is 6.08 Å². The van der Waals surface area contributed by atoms with Gasteiger partial charge in [-0.2, -0.15) is 10.1 Å². The zero-order chi connectivity index (χ0) is 24.5. The molecule has 0 radical (unpaired) electrons. The van der Waals surface area contributed by atoms with E-state index in [1.807, 2.05) is 26.8 Å². The molecule has 0 atom stereocenters. The Hall–Kier alpha value is -4.15. The number of carbonyl (C=O) groups is 1. The minimum absolute atomic E-state index is 0.176. The van der Waals surface area contributed by atoms with Crippen molar-refractivity contribution in [3.05, 3.63) is 54.2 Å². The number of amides is 1. The van der Waals surface area contributed by atoms with Crippen molar-refractivity contribution in [1.29, 1.82) is 0 Å². The number of aromatic nitrogens is 4. The lowest BCUT2D eigenvalue weighted by atomic mass is 10.1. The summed E-state index contributed by atoms with van der Waals surface area (Å²) in [4.78, 5) is 23.0. The zero-order valence-electron chi connectivity index (χ0n) is 19.5. The summed E-state index contributed by atoms with van der Waals surface area (Å²) in [6.45, 7) is 6.14. The molecule has 10 nitrogen and oxygen atoms in total. The molecular weight excluding hydrogens is 439 g/mol. The van der Waals surface area contributed by atoms with Gasteiger partial charge >= 0.3 is 6.09 Å². The second kappa shape index (κ2) is 9.00. The average molecular weight is 467 g/mol. The number of aryl methyl sites for hydroxylation is 1. The Morgan fingerprint density at radius 3 is 2.74 bits per heavy atom. The molecule has 0 saturated heterocycles. The molecule has 0 spiro atoms. The molecule has 0 unspecified atom stereocenters. The van der Waals surface area contributed by atoms with Crippen LogP contribution < -0.4 is 16.4 Å². The molecule has 2 aromatic heterocycles. The molecule has 34 heavy (non-hydrogen) atoms. The quantitative estimate of drug-likeness (QED) is 0.481. The van der Waals surface area contributed by atoms with Crippen LogP contribution in [0.1, 0.15) is 26.3 Å². The summed E-state index contributed by atoms with van der Waals surface area (Å²) in [5.74, 6) is 0.186. The Morgan fingerprint density at radius 2 is 2.03 bits per heavy atom. The monoisotopic (exact) mass is 466 g/mol. The Labute approximate surface area is 196 Å². The van der Waals surface area contributed by atoms with Gasteiger partial charge < -0.3 is 26.0 Å². The van der Waals surface area contributed by atoms with Crippen molar-refractivity contribution in [2.45, 2.75) is 26.4 Å². The molecule has 4 N–H and O–H groups in total. The van der Waals surface area contributed by atoms with Crippen molar-refractivity contribution in [1.82, 2.24) is 24.6 Å². The third kappa shape index (κ3) is 5.42. The Kier molecular flexibility index (Phi) is 6.10. The molecule has 4 rings (SSSR count). The van der Waals surface area contributed by atoms with E-state index in [-0.39, 0.29) is 5.69 Å². The maximum atomic E-state index is 14.5. The van der Waals surface area contributed by atoms with E-state index in [2.05, 4.69) is 25.7 Å². The Bertz CT molecular complexity index is 1250. The Morgan fingerprint density at radius 1 is 1.24 bits per heavy atom. The first-order valence-corrected chi connectivity index (χ1v) is 10.7. The number of hydrogen-bond acceptors (Lipinski definition) is 8. The van der Waals surface area contributed by atoms with Crippen molar-refractivity contribution >= 4 is 40.5 Å². The number of carbonyl (C=O) groups excluding carboxylic acids is 1. The highest BCUT2D eigenvalue weighted by Crippen LogP contribution is 2.31. The molecule has 0 aliphatic carbocycles. The highest BCUT2D eigenvalue weighted by Gasteiger charge is 2.27. The molecule has 1 aliphatic rings. The summed E-state index contributed by atoms with van der Waals surface area (Å²) in [5.41, 5.74) is 7.97. The smallest absolute Gasteiger partial charge is 0.410 e. The summed E-state index contributed by atoms with van der Waals surface area (Å²) >= 11 is 0. The van der Waals surface area contributed by atoms with Gasteiger partial charge in [-0.05, 0) is 44.5 Å². The van der Waals surface area contributed by atoms with E-state index in [1.54, 1.807) is 35.2 Å². The maximum absolute atomic E-state index is 14.5. The molecule has 3 heterocycles. The molecule has 0 saturated carbocycles. The van der Waals surface area contributed by atoms with Crippen LogP contribution >= 0.6 is 0 Å². The minimum Gasteiger partial charge on any atom is -0.444 e. The van der Waals surface area contributed by atoms with Gasteiger partial charge in [-0.3, -0.25) is 4.68 Å². The van der Waals surface area contributed by atoms with Gasteiger partial charge in [0.2, 0.25) is 5.95 Å². The van der Waals surface area contributed by atoms with Crippen LogP contribution in [0.3, 0.4) is 0 Å². The van der Waals surface area contributed by atoms with E-state index in [4.69, 9.17) is 10.5 Å². The van der Waals surface area contributed by atoms with Gasteiger partial charge in [0, 0.05) is 43.8 Å². The second-order valence-electron chi connectivity index (χ2n) is 8.94. The van der Waals surface area contributed by atoms with Crippen LogP contribution in [0.4, 0.5) is 38.0 Å². The Balaban J connectivity index is 1.63. The van der Waals surface area contributed by atoms with Crippen molar-refractivity contribution in [2.75, 3.05) is 29.5 Å². The molecule has 178 valence electrons. The maximum Gasteiger partial charge on any atom is 0.410 e. The number of nitrogens with two attached hydrogens (primary N) is 1. The van der Waals surface area contributed by atoms with E-state index < -0.39 is 17.5 Å². The number of halogens is 1. The first-order chi connectivity index (χ1) is 16.1. The number of anilines is 5. The second-order valence-corrected chi connectivity index (χ2v) is 8.94. The first kappa shape index (κ1) is 23.0. The highest BCUT2D eigenvalue weighted by atomic mass is 19.1. The normalized spacial score (nSPS) is 13.6. The van der Waals surface area contributed by atoms with Crippen molar-refractivity contribution in [3.8, 4) is 0 Å². The predicted molar refractivity (Wildman–Crippen MR) is 128 cm³/mol. The number of nitrogen functional groups attached to an aromatic ring is 1. The van der Waals surface area contributed by atoms with Gasteiger partial charge in [0.25, 0.3) is 0 Å². The first-order valence-electron chi connectivity index (χ1n) is 10.7. The van der Waals surface area contributed by atoms with Crippen LogP contribution in [-0.4, -0.2) is 49.4 Å². The number of nitrogens with one attached hydrogen (secondary N) is 2. The summed E-state index contributed by atoms with van der Waals surface area (Å²) in [7, 11) is 1.80. The lowest BCUT2D eigenvalue weighted by Crippen LogP contribution is -2.35. The fourth-order valence-electron chi connectivity index (χ4n) is 3.37. The third-order valence-electron chi connectivity index (χ3n) is 4.91. The van der Waals surface area contributed by atoms with Crippen molar-refractivity contribution in [2.24, 2.45) is 7.05 Å². The molecule has 0 bridgehead atoms. The number of hydrogen-bond donors (Lipinski definition) is 3. The van der Waals surface area contributed by atoms with Gasteiger partial charge in [-0.25, -0.2) is 14.2 Å². The van der Waals surface area contributed by atoms with Gasteiger partial charge in [-0.15, -0.1) is 0 Å². The summed E-state index contributed by atoms with van der Waals surface area (Å²) in [5, 5.41) is 10.2. The highest BCUT2D eigenvalue weighted by molar-refractivity contribution is 5.83. The average Bonchev–Trinajstić information content (AvgIpc) is 3.39. The van der Waals surface area contributed by atoms with Gasteiger partial charge in [0.05, 0.1) is 17.6 Å². The molecule has 3 aromatic rings. The van der Waals surface area contributed by atoms with E-state index in [0.717, 1.165) is 5.57 Å². The van der Waals surface area contributed by atoms with Crippen LogP contribution in [0.2, 0.25) is 0 Å². The minimum atomic E-state index is -0.597. The van der Waals surface area contributed by atoms with Crippen molar-refractivity contribution in [3.63, 3.8) is 0 Å². The predicted octanol–water partition coefficient (Wildman–Crippen LogP) is 4.05. The molecule has 1 amide bonds. The molecule has 0 fully saturated rings. The van der Waals surface area contributed by atoms with Crippen LogP contribution in [0.5, 0.6) is 0 Å². The van der Waals surface area contributed by atoms with E-state index in [0.29, 0.717) is 41.8 Å². The number of nitrogens with zero attached hydrogens (tertiary/aromatic N) is 5. The van der Waals surface area contributed by atoms with Crippen LogP contribution in [0, 0.1) is 5.82 Å². The largest absolute Gasteiger partial charge is 0.444 e. The lowest BCUT2D eigenvalue weighted by molar-refractivity contribution is 0.0306. The fourth-order valence-corrected chi connectivity index (χ4v) is 3.37. The van der Waals surface area contributed by atoms with E-state index in [1.165, 1.54) is 18.2 Å². The number of rotatable bonds is 5. The fraction of sp³-hybridized carbons (Fsp3) is 0.304. The molecule has 1 aliphatic heterocycles. The van der Waals surface area contributed by atoms with E-state index in [9.17, 15) is 9.18 Å².